The van der Waals surface area contributed by atoms with Crippen LogP contribution in [0, 0.1) is 5.92 Å². The molecule has 1 aromatic rings. The van der Waals surface area contributed by atoms with E-state index in [0.717, 1.165) is 19.4 Å². The second-order valence-corrected chi connectivity index (χ2v) is 5.04. The lowest BCUT2D eigenvalue weighted by Gasteiger charge is -2.15. The molecule has 0 aliphatic heterocycles. The Labute approximate surface area is 119 Å². The summed E-state index contributed by atoms with van der Waals surface area (Å²) in [5.74, 6) is 1.11. The standard InChI is InChI=1S/C15H23F2NO2/c1-11(2)6-5-9-18-10-12-7-4-8-13(19-3)14(12)20-15(16)17/h4,7-8,11,15,18H,5-6,9-10H2,1-3H3. The number of benzene rings is 1. The van der Waals surface area contributed by atoms with Gasteiger partial charge in [-0.15, -0.1) is 0 Å². The molecule has 0 atom stereocenters. The highest BCUT2D eigenvalue weighted by Crippen LogP contribution is 2.32. The van der Waals surface area contributed by atoms with Crippen molar-refractivity contribution in [3.63, 3.8) is 0 Å². The molecule has 0 bridgehead atoms. The van der Waals surface area contributed by atoms with Crippen molar-refractivity contribution >= 4 is 0 Å². The van der Waals surface area contributed by atoms with Crippen molar-refractivity contribution in [2.24, 2.45) is 5.92 Å². The Balaban J connectivity index is 2.59. The fourth-order valence-corrected chi connectivity index (χ4v) is 1.94. The Hall–Kier alpha value is -1.36. The lowest BCUT2D eigenvalue weighted by molar-refractivity contribution is -0.0518. The third-order valence-corrected chi connectivity index (χ3v) is 2.94. The molecule has 5 heteroatoms. The van der Waals surface area contributed by atoms with Gasteiger partial charge in [0.05, 0.1) is 7.11 Å². The van der Waals surface area contributed by atoms with Gasteiger partial charge in [0.1, 0.15) is 0 Å². The molecule has 0 fully saturated rings. The summed E-state index contributed by atoms with van der Waals surface area (Å²) in [6.45, 7) is 2.83. The zero-order chi connectivity index (χ0) is 15.0. The summed E-state index contributed by atoms with van der Waals surface area (Å²) >= 11 is 0. The van der Waals surface area contributed by atoms with Crippen molar-refractivity contribution in [2.75, 3.05) is 13.7 Å². The molecular formula is C15H23F2NO2. The van der Waals surface area contributed by atoms with Crippen molar-refractivity contribution in [2.45, 2.75) is 39.8 Å². The molecule has 0 saturated carbocycles. The monoisotopic (exact) mass is 287 g/mol. The normalized spacial score (nSPS) is 11.2. The Kier molecular flexibility index (Phi) is 7.30. The Bertz CT molecular complexity index is 397. The zero-order valence-corrected chi connectivity index (χ0v) is 12.3. The summed E-state index contributed by atoms with van der Waals surface area (Å²) in [6.07, 6.45) is 2.21. The van der Waals surface area contributed by atoms with E-state index in [2.05, 4.69) is 23.9 Å². The summed E-state index contributed by atoms with van der Waals surface area (Å²) in [6, 6.07) is 5.14. The number of para-hydroxylation sites is 1. The van der Waals surface area contributed by atoms with Gasteiger partial charge in [-0.05, 0) is 31.4 Å². The predicted molar refractivity (Wildman–Crippen MR) is 75.4 cm³/mol. The second kappa shape index (κ2) is 8.74. The second-order valence-electron chi connectivity index (χ2n) is 5.04. The lowest BCUT2D eigenvalue weighted by Crippen LogP contribution is -2.17. The van der Waals surface area contributed by atoms with Gasteiger partial charge in [-0.2, -0.15) is 8.78 Å². The quantitative estimate of drug-likeness (QED) is 0.700. The molecular weight excluding hydrogens is 264 g/mol. The number of halogens is 2. The highest BCUT2D eigenvalue weighted by Gasteiger charge is 2.14. The number of hydrogen-bond acceptors (Lipinski definition) is 3. The van der Waals surface area contributed by atoms with E-state index in [0.29, 0.717) is 23.8 Å². The molecule has 0 amide bonds. The van der Waals surface area contributed by atoms with Crippen molar-refractivity contribution < 1.29 is 18.3 Å². The molecule has 1 rings (SSSR count). The number of methoxy groups -OCH3 is 1. The lowest BCUT2D eigenvalue weighted by atomic mass is 10.1. The van der Waals surface area contributed by atoms with Gasteiger partial charge in [-0.1, -0.05) is 26.0 Å². The van der Waals surface area contributed by atoms with E-state index in [4.69, 9.17) is 4.74 Å². The van der Waals surface area contributed by atoms with E-state index < -0.39 is 6.61 Å². The number of ether oxygens (including phenoxy) is 2. The zero-order valence-electron chi connectivity index (χ0n) is 12.3. The van der Waals surface area contributed by atoms with Crippen molar-refractivity contribution in [3.8, 4) is 11.5 Å². The van der Waals surface area contributed by atoms with Crippen LogP contribution in [0.3, 0.4) is 0 Å². The number of hydrogen-bond donors (Lipinski definition) is 1. The minimum atomic E-state index is -2.86. The molecule has 20 heavy (non-hydrogen) atoms. The summed E-state index contributed by atoms with van der Waals surface area (Å²) < 4.78 is 34.5. The molecule has 0 heterocycles. The van der Waals surface area contributed by atoms with E-state index in [-0.39, 0.29) is 5.75 Å². The molecule has 0 spiro atoms. The van der Waals surface area contributed by atoms with Gasteiger partial charge in [0.25, 0.3) is 0 Å². The molecule has 1 aromatic carbocycles. The van der Waals surface area contributed by atoms with Gasteiger partial charge in [0, 0.05) is 12.1 Å². The first kappa shape index (κ1) is 16.7. The third-order valence-electron chi connectivity index (χ3n) is 2.94. The number of alkyl halides is 2. The van der Waals surface area contributed by atoms with E-state index in [1.54, 1.807) is 18.2 Å². The van der Waals surface area contributed by atoms with Crippen LogP contribution in [0.1, 0.15) is 32.3 Å². The van der Waals surface area contributed by atoms with E-state index in [1.165, 1.54) is 7.11 Å². The Morgan fingerprint density at radius 1 is 1.25 bits per heavy atom. The molecule has 0 saturated heterocycles. The molecule has 3 nitrogen and oxygen atoms in total. The van der Waals surface area contributed by atoms with E-state index in [9.17, 15) is 8.78 Å². The van der Waals surface area contributed by atoms with Crippen LogP contribution in [0.2, 0.25) is 0 Å². The predicted octanol–water partition coefficient (Wildman–Crippen LogP) is 3.82. The van der Waals surface area contributed by atoms with Crippen LogP contribution in [0.25, 0.3) is 0 Å². The molecule has 0 unspecified atom stereocenters. The minimum Gasteiger partial charge on any atom is -0.493 e. The average molecular weight is 287 g/mol. The highest BCUT2D eigenvalue weighted by molar-refractivity contribution is 5.46. The van der Waals surface area contributed by atoms with Crippen LogP contribution in [0.5, 0.6) is 11.5 Å². The van der Waals surface area contributed by atoms with Gasteiger partial charge in [0.2, 0.25) is 0 Å². The van der Waals surface area contributed by atoms with Gasteiger partial charge >= 0.3 is 6.61 Å². The fraction of sp³-hybridized carbons (Fsp3) is 0.600. The molecule has 0 aliphatic rings. The topological polar surface area (TPSA) is 30.5 Å². The van der Waals surface area contributed by atoms with Crippen LogP contribution >= 0.6 is 0 Å². The molecule has 0 aliphatic carbocycles. The maximum atomic E-state index is 12.5. The molecule has 114 valence electrons. The first-order valence-electron chi connectivity index (χ1n) is 6.86. The van der Waals surface area contributed by atoms with Crippen LogP contribution in [-0.2, 0) is 6.54 Å². The first-order valence-corrected chi connectivity index (χ1v) is 6.86. The average Bonchev–Trinajstić information content (AvgIpc) is 2.39. The van der Waals surface area contributed by atoms with Gasteiger partial charge in [-0.25, -0.2) is 0 Å². The molecule has 1 N–H and O–H groups in total. The summed E-state index contributed by atoms with van der Waals surface area (Å²) in [5.41, 5.74) is 0.675. The molecule has 0 radical (unpaired) electrons. The van der Waals surface area contributed by atoms with Gasteiger partial charge < -0.3 is 14.8 Å². The maximum absolute atomic E-state index is 12.5. The number of rotatable bonds is 9. The Morgan fingerprint density at radius 3 is 2.60 bits per heavy atom. The van der Waals surface area contributed by atoms with Gasteiger partial charge in [0.15, 0.2) is 11.5 Å². The smallest absolute Gasteiger partial charge is 0.387 e. The third kappa shape index (κ3) is 5.74. The fourth-order valence-electron chi connectivity index (χ4n) is 1.94. The maximum Gasteiger partial charge on any atom is 0.387 e. The SMILES string of the molecule is COc1cccc(CNCCCC(C)C)c1OC(F)F. The largest absolute Gasteiger partial charge is 0.493 e. The Morgan fingerprint density at radius 2 is 2.00 bits per heavy atom. The first-order chi connectivity index (χ1) is 9.54. The van der Waals surface area contributed by atoms with Crippen LogP contribution in [0.15, 0.2) is 18.2 Å². The highest BCUT2D eigenvalue weighted by atomic mass is 19.3. The van der Waals surface area contributed by atoms with Crippen LogP contribution in [-0.4, -0.2) is 20.3 Å². The van der Waals surface area contributed by atoms with E-state index in [1.807, 2.05) is 0 Å². The van der Waals surface area contributed by atoms with Crippen LogP contribution in [0.4, 0.5) is 8.78 Å². The van der Waals surface area contributed by atoms with Crippen molar-refractivity contribution in [1.29, 1.82) is 0 Å². The summed E-state index contributed by atoms with van der Waals surface area (Å²) in [5, 5.41) is 3.24. The van der Waals surface area contributed by atoms with E-state index >= 15 is 0 Å². The van der Waals surface area contributed by atoms with Gasteiger partial charge in [-0.3, -0.25) is 0 Å². The summed E-state index contributed by atoms with van der Waals surface area (Å²) in [4.78, 5) is 0. The minimum absolute atomic E-state index is 0.112. The molecule has 0 aromatic heterocycles. The number of nitrogens with one attached hydrogen (secondary N) is 1. The summed E-state index contributed by atoms with van der Waals surface area (Å²) in [7, 11) is 1.44. The van der Waals surface area contributed by atoms with Crippen molar-refractivity contribution in [3.05, 3.63) is 23.8 Å². The van der Waals surface area contributed by atoms with Crippen LogP contribution < -0.4 is 14.8 Å². The van der Waals surface area contributed by atoms with Crippen molar-refractivity contribution in [1.82, 2.24) is 5.32 Å².